The van der Waals surface area contributed by atoms with E-state index < -0.39 is 11.8 Å². The van der Waals surface area contributed by atoms with Gasteiger partial charge in [-0.05, 0) is 39.0 Å². The summed E-state index contributed by atoms with van der Waals surface area (Å²) in [5.41, 5.74) is 7.97. The second kappa shape index (κ2) is 9.41. The number of hydrogen-bond acceptors (Lipinski definition) is 6. The van der Waals surface area contributed by atoms with Crippen LogP contribution in [0.1, 0.15) is 46.6 Å². The summed E-state index contributed by atoms with van der Waals surface area (Å²) >= 11 is 0. The van der Waals surface area contributed by atoms with Crippen molar-refractivity contribution in [1.29, 1.82) is 0 Å². The van der Waals surface area contributed by atoms with Crippen LogP contribution in [0.5, 0.6) is 0 Å². The van der Waals surface area contributed by atoms with Crippen LogP contribution < -0.4 is 10.9 Å². The Balaban J connectivity index is 1.38. The number of aryl methyl sites for hydroxylation is 1. The number of pyridine rings is 1. The maximum Gasteiger partial charge on any atom is 0.309 e. The third kappa shape index (κ3) is 4.31. The topological polar surface area (TPSA) is 120 Å². The molecule has 2 aromatic carbocycles. The summed E-state index contributed by atoms with van der Waals surface area (Å²) in [6.45, 7) is 5.76. The van der Waals surface area contributed by atoms with Crippen molar-refractivity contribution < 1.29 is 9.59 Å². The lowest BCUT2D eigenvalue weighted by Gasteiger charge is -2.10. The largest absolute Gasteiger partial charge is 0.309 e. The SMILES string of the molecule is Cc1nc2c(cnn2C(C)C)cc1C(=O)NNC(=O)c1nc(-c2ccccc2)n(-c2ccccc2)n1. The Morgan fingerprint density at radius 2 is 1.56 bits per heavy atom. The van der Waals surface area contributed by atoms with Gasteiger partial charge in [0.15, 0.2) is 11.5 Å². The van der Waals surface area contributed by atoms with E-state index in [0.29, 0.717) is 22.7 Å². The molecule has 2 N–H and O–H groups in total. The Bertz CT molecular complexity index is 1500. The standard InChI is InChI=1S/C26H24N8O2/c1-16(2)33-24-19(15-27-33)14-21(17(3)28-24)25(35)30-31-26(36)22-29-23(18-10-6-4-7-11-18)34(32-22)20-12-8-5-9-13-20/h4-16H,1-3H3,(H,30,35)(H,31,36). The van der Waals surface area contributed by atoms with Crippen LogP contribution in [0.4, 0.5) is 0 Å². The number of para-hydroxylation sites is 1. The van der Waals surface area contributed by atoms with Crippen LogP contribution in [0.25, 0.3) is 28.1 Å². The van der Waals surface area contributed by atoms with Gasteiger partial charge in [0, 0.05) is 17.0 Å². The Morgan fingerprint density at radius 1 is 0.889 bits per heavy atom. The van der Waals surface area contributed by atoms with E-state index in [4.69, 9.17) is 0 Å². The molecule has 0 spiro atoms. The molecule has 180 valence electrons. The summed E-state index contributed by atoms with van der Waals surface area (Å²) in [4.78, 5) is 34.7. The quantitative estimate of drug-likeness (QED) is 0.371. The molecule has 0 saturated carbocycles. The van der Waals surface area contributed by atoms with Crippen LogP contribution in [0.3, 0.4) is 0 Å². The molecule has 0 fully saturated rings. The number of nitrogens with zero attached hydrogens (tertiary/aromatic N) is 6. The van der Waals surface area contributed by atoms with E-state index in [-0.39, 0.29) is 11.9 Å². The number of benzene rings is 2. The zero-order valence-corrected chi connectivity index (χ0v) is 20.0. The fourth-order valence-corrected chi connectivity index (χ4v) is 3.84. The Labute approximate surface area is 207 Å². The van der Waals surface area contributed by atoms with Crippen LogP contribution >= 0.6 is 0 Å². The minimum absolute atomic E-state index is 0.0819. The highest BCUT2D eigenvalue weighted by Gasteiger charge is 2.20. The Morgan fingerprint density at radius 3 is 2.25 bits per heavy atom. The smallest absolute Gasteiger partial charge is 0.267 e. The van der Waals surface area contributed by atoms with Crippen molar-refractivity contribution in [2.45, 2.75) is 26.8 Å². The van der Waals surface area contributed by atoms with Gasteiger partial charge in [-0.15, -0.1) is 5.10 Å². The summed E-state index contributed by atoms with van der Waals surface area (Å²) < 4.78 is 3.39. The normalized spacial score (nSPS) is 11.1. The van der Waals surface area contributed by atoms with Gasteiger partial charge in [-0.1, -0.05) is 48.5 Å². The van der Waals surface area contributed by atoms with Gasteiger partial charge in [-0.3, -0.25) is 20.4 Å². The molecule has 10 heteroatoms. The molecule has 3 aromatic heterocycles. The number of aromatic nitrogens is 6. The number of carbonyl (C=O) groups excluding carboxylic acids is 2. The molecule has 0 unspecified atom stereocenters. The zero-order valence-electron chi connectivity index (χ0n) is 20.0. The first kappa shape index (κ1) is 22.9. The number of fused-ring (bicyclic) bond motifs is 1. The average molecular weight is 481 g/mol. The highest BCUT2D eigenvalue weighted by Crippen LogP contribution is 2.21. The fraction of sp³-hybridized carbons (Fsp3) is 0.154. The van der Waals surface area contributed by atoms with Crippen molar-refractivity contribution in [2.24, 2.45) is 0 Å². The van der Waals surface area contributed by atoms with Crippen LogP contribution in [-0.2, 0) is 0 Å². The van der Waals surface area contributed by atoms with Crippen LogP contribution in [0, 0.1) is 6.92 Å². The molecule has 5 aromatic rings. The number of amides is 2. The third-order valence-corrected chi connectivity index (χ3v) is 5.63. The monoisotopic (exact) mass is 480 g/mol. The Kier molecular flexibility index (Phi) is 5.99. The van der Waals surface area contributed by atoms with Crippen molar-refractivity contribution in [1.82, 2.24) is 40.4 Å². The predicted molar refractivity (Wildman–Crippen MR) is 134 cm³/mol. The maximum atomic E-state index is 12.9. The molecule has 0 bridgehead atoms. The zero-order chi connectivity index (χ0) is 25.2. The Hall–Kier alpha value is -4.86. The number of hydrogen-bond donors (Lipinski definition) is 2. The molecular formula is C26H24N8O2. The van der Waals surface area contributed by atoms with Gasteiger partial charge in [-0.25, -0.2) is 19.3 Å². The van der Waals surface area contributed by atoms with E-state index in [9.17, 15) is 9.59 Å². The van der Waals surface area contributed by atoms with Crippen LogP contribution in [0.15, 0.2) is 72.9 Å². The first-order chi connectivity index (χ1) is 17.4. The second-order valence-electron chi connectivity index (χ2n) is 8.50. The lowest BCUT2D eigenvalue weighted by molar-refractivity contribution is 0.0840. The van der Waals surface area contributed by atoms with E-state index in [1.165, 1.54) is 0 Å². The highest BCUT2D eigenvalue weighted by molar-refractivity contribution is 6.00. The molecule has 3 heterocycles. The van der Waals surface area contributed by atoms with Crippen molar-refractivity contribution in [2.75, 3.05) is 0 Å². The van der Waals surface area contributed by atoms with Crippen LogP contribution in [-0.4, -0.2) is 41.3 Å². The van der Waals surface area contributed by atoms with Crippen molar-refractivity contribution in [3.8, 4) is 17.1 Å². The van der Waals surface area contributed by atoms with E-state index in [0.717, 1.165) is 16.6 Å². The summed E-state index contributed by atoms with van der Waals surface area (Å²) in [6.07, 6.45) is 1.67. The second-order valence-corrected chi connectivity index (χ2v) is 8.50. The van der Waals surface area contributed by atoms with E-state index in [2.05, 4.69) is 31.0 Å². The van der Waals surface area contributed by atoms with Crippen molar-refractivity contribution in [3.63, 3.8) is 0 Å². The number of carbonyl (C=O) groups is 2. The molecule has 0 saturated heterocycles. The molecule has 0 radical (unpaired) electrons. The first-order valence-electron chi connectivity index (χ1n) is 11.5. The molecule has 36 heavy (non-hydrogen) atoms. The molecule has 10 nitrogen and oxygen atoms in total. The van der Waals surface area contributed by atoms with E-state index in [1.54, 1.807) is 28.6 Å². The summed E-state index contributed by atoms with van der Waals surface area (Å²) in [5, 5.41) is 9.49. The minimum atomic E-state index is -0.644. The summed E-state index contributed by atoms with van der Waals surface area (Å²) in [7, 11) is 0. The number of nitrogens with one attached hydrogen (secondary N) is 2. The van der Waals surface area contributed by atoms with E-state index in [1.807, 2.05) is 74.5 Å². The van der Waals surface area contributed by atoms with Gasteiger partial charge in [0.25, 0.3) is 5.91 Å². The number of hydrazine groups is 1. The molecule has 2 amide bonds. The lowest BCUT2D eigenvalue weighted by Crippen LogP contribution is -2.42. The van der Waals surface area contributed by atoms with Gasteiger partial charge in [-0.2, -0.15) is 5.10 Å². The van der Waals surface area contributed by atoms with Gasteiger partial charge >= 0.3 is 5.91 Å². The van der Waals surface area contributed by atoms with Crippen molar-refractivity contribution >= 4 is 22.8 Å². The molecule has 0 aliphatic rings. The van der Waals surface area contributed by atoms with Crippen molar-refractivity contribution in [3.05, 3.63) is 90.0 Å². The van der Waals surface area contributed by atoms with Crippen LogP contribution in [0.2, 0.25) is 0 Å². The lowest BCUT2D eigenvalue weighted by atomic mass is 10.1. The molecule has 0 aliphatic heterocycles. The molecule has 0 aliphatic carbocycles. The van der Waals surface area contributed by atoms with Gasteiger partial charge in [0.1, 0.15) is 0 Å². The average Bonchev–Trinajstić information content (AvgIpc) is 3.52. The third-order valence-electron chi connectivity index (χ3n) is 5.63. The predicted octanol–water partition coefficient (Wildman–Crippen LogP) is 3.64. The fourth-order valence-electron chi connectivity index (χ4n) is 3.84. The van der Waals surface area contributed by atoms with Gasteiger partial charge in [0.2, 0.25) is 5.82 Å². The molecule has 5 rings (SSSR count). The first-order valence-corrected chi connectivity index (χ1v) is 11.5. The van der Waals surface area contributed by atoms with Gasteiger partial charge in [0.05, 0.1) is 23.1 Å². The summed E-state index contributed by atoms with van der Waals surface area (Å²) in [5.74, 6) is -0.722. The highest BCUT2D eigenvalue weighted by atomic mass is 16.2. The molecule has 0 atom stereocenters. The van der Waals surface area contributed by atoms with Gasteiger partial charge < -0.3 is 0 Å². The van der Waals surface area contributed by atoms with E-state index >= 15 is 0 Å². The number of rotatable bonds is 5. The summed E-state index contributed by atoms with van der Waals surface area (Å²) in [6, 6.07) is 20.7. The molecular weight excluding hydrogens is 456 g/mol. The minimum Gasteiger partial charge on any atom is -0.267 e. The maximum absolute atomic E-state index is 12.9.